The zero-order chi connectivity index (χ0) is 17.9. The summed E-state index contributed by atoms with van der Waals surface area (Å²) in [6, 6.07) is 14.1. The van der Waals surface area contributed by atoms with E-state index < -0.39 is 0 Å². The SMILES string of the molecule is CCNC(=NCCO)NCCc1ccc(Oc2ccccc2)c(F)c1.I. The lowest BCUT2D eigenvalue weighted by Crippen LogP contribution is -2.38. The molecule has 0 aromatic heterocycles. The Bertz CT molecular complexity index is 684. The van der Waals surface area contributed by atoms with Gasteiger partial charge in [0.05, 0.1) is 13.2 Å². The van der Waals surface area contributed by atoms with E-state index in [0.29, 0.717) is 31.2 Å². The fraction of sp³-hybridized carbons (Fsp3) is 0.316. The molecule has 3 N–H and O–H groups in total. The van der Waals surface area contributed by atoms with Crippen molar-refractivity contribution >= 4 is 29.9 Å². The molecule has 26 heavy (non-hydrogen) atoms. The van der Waals surface area contributed by atoms with E-state index in [1.54, 1.807) is 18.2 Å². The van der Waals surface area contributed by atoms with Crippen LogP contribution in [0.2, 0.25) is 0 Å². The Balaban J connectivity index is 0.00000338. The molecule has 0 aliphatic rings. The molecule has 2 aromatic rings. The van der Waals surface area contributed by atoms with Gasteiger partial charge in [0.15, 0.2) is 17.5 Å². The van der Waals surface area contributed by atoms with Gasteiger partial charge in [0.2, 0.25) is 0 Å². The summed E-state index contributed by atoms with van der Waals surface area (Å²) >= 11 is 0. The number of guanidine groups is 1. The maximum absolute atomic E-state index is 14.2. The molecule has 0 bridgehead atoms. The van der Waals surface area contributed by atoms with Gasteiger partial charge in [0.25, 0.3) is 0 Å². The minimum absolute atomic E-state index is 0. The van der Waals surface area contributed by atoms with Crippen molar-refractivity contribution < 1.29 is 14.2 Å². The highest BCUT2D eigenvalue weighted by Crippen LogP contribution is 2.24. The monoisotopic (exact) mass is 473 g/mol. The summed E-state index contributed by atoms with van der Waals surface area (Å²) in [5.41, 5.74) is 0.864. The molecule has 0 aliphatic heterocycles. The third kappa shape index (κ3) is 7.57. The van der Waals surface area contributed by atoms with Gasteiger partial charge in [-0.05, 0) is 43.2 Å². The lowest BCUT2D eigenvalue weighted by Gasteiger charge is -2.12. The van der Waals surface area contributed by atoms with Crippen LogP contribution in [-0.4, -0.2) is 37.3 Å². The van der Waals surface area contributed by atoms with E-state index in [1.807, 2.05) is 31.2 Å². The molecule has 0 saturated heterocycles. The smallest absolute Gasteiger partial charge is 0.191 e. The van der Waals surface area contributed by atoms with E-state index in [-0.39, 0.29) is 42.2 Å². The van der Waals surface area contributed by atoms with E-state index in [0.717, 1.165) is 12.1 Å². The Morgan fingerprint density at radius 3 is 2.58 bits per heavy atom. The summed E-state index contributed by atoms with van der Waals surface area (Å²) in [6.45, 7) is 3.66. The first-order valence-electron chi connectivity index (χ1n) is 8.37. The van der Waals surface area contributed by atoms with Crippen LogP contribution in [0.5, 0.6) is 11.5 Å². The molecule has 5 nitrogen and oxygen atoms in total. The Kier molecular flexibility index (Phi) is 10.6. The number of aliphatic imine (C=N–C) groups is 1. The standard InChI is InChI=1S/C19H24FN3O2.HI/c1-2-21-19(23-12-13-24)22-11-10-15-8-9-18(17(20)14-15)25-16-6-4-3-5-7-16;/h3-9,14,24H,2,10-13H2,1H3,(H2,21,22,23);1H. The number of para-hydroxylation sites is 1. The molecule has 7 heteroatoms. The fourth-order valence-electron chi connectivity index (χ4n) is 2.23. The number of nitrogens with one attached hydrogen (secondary N) is 2. The quantitative estimate of drug-likeness (QED) is 0.313. The van der Waals surface area contributed by atoms with Crippen LogP contribution in [0, 0.1) is 5.82 Å². The van der Waals surface area contributed by atoms with Crippen LogP contribution in [0.15, 0.2) is 53.5 Å². The molecule has 0 amide bonds. The molecule has 142 valence electrons. The first-order valence-corrected chi connectivity index (χ1v) is 8.37. The second-order valence-electron chi connectivity index (χ2n) is 5.34. The summed E-state index contributed by atoms with van der Waals surface area (Å²) < 4.78 is 19.7. The van der Waals surface area contributed by atoms with Crippen molar-refractivity contribution in [3.8, 4) is 11.5 Å². The topological polar surface area (TPSA) is 65.9 Å². The number of aliphatic hydroxyl groups is 1. The lowest BCUT2D eigenvalue weighted by atomic mass is 10.1. The number of ether oxygens (including phenoxy) is 1. The van der Waals surface area contributed by atoms with Crippen LogP contribution in [0.3, 0.4) is 0 Å². The normalized spacial score (nSPS) is 10.8. The van der Waals surface area contributed by atoms with E-state index in [9.17, 15) is 4.39 Å². The zero-order valence-electron chi connectivity index (χ0n) is 14.7. The van der Waals surface area contributed by atoms with Gasteiger partial charge in [0, 0.05) is 13.1 Å². The number of halogens is 2. The molecule has 0 aliphatic carbocycles. The number of benzene rings is 2. The van der Waals surface area contributed by atoms with Crippen molar-refractivity contribution in [1.29, 1.82) is 0 Å². The third-order valence-electron chi connectivity index (χ3n) is 3.39. The van der Waals surface area contributed by atoms with Crippen molar-refractivity contribution in [2.45, 2.75) is 13.3 Å². The molecule has 2 aromatic carbocycles. The van der Waals surface area contributed by atoms with Crippen LogP contribution in [0.1, 0.15) is 12.5 Å². The first-order chi connectivity index (χ1) is 12.2. The van der Waals surface area contributed by atoms with Gasteiger partial charge >= 0.3 is 0 Å². The molecule has 0 atom stereocenters. The summed E-state index contributed by atoms with van der Waals surface area (Å²) in [5.74, 6) is 1.07. The lowest BCUT2D eigenvalue weighted by molar-refractivity contribution is 0.306. The molecule has 0 saturated carbocycles. The van der Waals surface area contributed by atoms with Crippen LogP contribution >= 0.6 is 24.0 Å². The molecule has 0 spiro atoms. The molecule has 0 fully saturated rings. The second kappa shape index (κ2) is 12.5. The highest BCUT2D eigenvalue weighted by atomic mass is 127. The maximum Gasteiger partial charge on any atom is 0.191 e. The van der Waals surface area contributed by atoms with Crippen LogP contribution in [0.25, 0.3) is 0 Å². The van der Waals surface area contributed by atoms with Crippen molar-refractivity contribution in [3.05, 3.63) is 59.9 Å². The summed E-state index contributed by atoms with van der Waals surface area (Å²) in [5, 5.41) is 15.1. The second-order valence-corrected chi connectivity index (χ2v) is 5.34. The van der Waals surface area contributed by atoms with Gasteiger partial charge in [-0.3, -0.25) is 4.99 Å². The average molecular weight is 473 g/mol. The highest BCUT2D eigenvalue weighted by Gasteiger charge is 2.06. The summed E-state index contributed by atoms with van der Waals surface area (Å²) in [6.07, 6.45) is 0.645. The maximum atomic E-state index is 14.2. The fourth-order valence-corrected chi connectivity index (χ4v) is 2.23. The number of nitrogens with zero attached hydrogens (tertiary/aromatic N) is 1. The van der Waals surface area contributed by atoms with Gasteiger partial charge in [-0.25, -0.2) is 4.39 Å². The molecule has 2 rings (SSSR count). The van der Waals surface area contributed by atoms with Crippen LogP contribution < -0.4 is 15.4 Å². The van der Waals surface area contributed by atoms with Gasteiger partial charge in [0.1, 0.15) is 5.75 Å². The first kappa shape index (κ1) is 22.2. The Labute approximate surface area is 170 Å². The van der Waals surface area contributed by atoms with Gasteiger partial charge in [-0.15, -0.1) is 24.0 Å². The Morgan fingerprint density at radius 1 is 1.15 bits per heavy atom. The molecule has 0 unspecified atom stereocenters. The van der Waals surface area contributed by atoms with Crippen molar-refractivity contribution in [2.24, 2.45) is 4.99 Å². The van der Waals surface area contributed by atoms with Crippen molar-refractivity contribution in [1.82, 2.24) is 10.6 Å². The van der Waals surface area contributed by atoms with Crippen LogP contribution in [-0.2, 0) is 6.42 Å². The van der Waals surface area contributed by atoms with Gasteiger partial charge in [-0.2, -0.15) is 0 Å². The predicted molar refractivity (Wildman–Crippen MR) is 113 cm³/mol. The van der Waals surface area contributed by atoms with E-state index in [2.05, 4.69) is 15.6 Å². The molecule has 0 radical (unpaired) electrons. The van der Waals surface area contributed by atoms with E-state index >= 15 is 0 Å². The average Bonchev–Trinajstić information content (AvgIpc) is 2.63. The third-order valence-corrected chi connectivity index (χ3v) is 3.39. The summed E-state index contributed by atoms with van der Waals surface area (Å²) in [4.78, 5) is 4.19. The molecular weight excluding hydrogens is 448 g/mol. The highest BCUT2D eigenvalue weighted by molar-refractivity contribution is 14.0. The van der Waals surface area contributed by atoms with Crippen molar-refractivity contribution in [3.63, 3.8) is 0 Å². The van der Waals surface area contributed by atoms with Crippen molar-refractivity contribution in [2.75, 3.05) is 26.2 Å². The van der Waals surface area contributed by atoms with Gasteiger partial charge in [-0.1, -0.05) is 24.3 Å². The largest absolute Gasteiger partial charge is 0.454 e. The molecular formula is C19H25FIN3O2. The summed E-state index contributed by atoms with van der Waals surface area (Å²) in [7, 11) is 0. The van der Waals surface area contributed by atoms with E-state index in [1.165, 1.54) is 6.07 Å². The van der Waals surface area contributed by atoms with Gasteiger partial charge < -0.3 is 20.5 Å². The Morgan fingerprint density at radius 2 is 1.92 bits per heavy atom. The minimum Gasteiger partial charge on any atom is -0.454 e. The number of aliphatic hydroxyl groups excluding tert-OH is 1. The predicted octanol–water partition coefficient (Wildman–Crippen LogP) is 3.33. The minimum atomic E-state index is -0.387. The zero-order valence-corrected chi connectivity index (χ0v) is 17.1. The Hall–Kier alpha value is -1.87. The molecule has 0 heterocycles. The number of rotatable bonds is 8. The van der Waals surface area contributed by atoms with E-state index in [4.69, 9.17) is 9.84 Å². The number of hydrogen-bond donors (Lipinski definition) is 3. The van der Waals surface area contributed by atoms with Crippen LogP contribution in [0.4, 0.5) is 4.39 Å². The number of hydrogen-bond acceptors (Lipinski definition) is 3.